The summed E-state index contributed by atoms with van der Waals surface area (Å²) in [5.74, 6) is -0.537. The van der Waals surface area contributed by atoms with E-state index in [0.29, 0.717) is 14.9 Å². The summed E-state index contributed by atoms with van der Waals surface area (Å²) in [6, 6.07) is 15.5. The van der Waals surface area contributed by atoms with Gasteiger partial charge in [-0.1, -0.05) is 66.5 Å². The molecular formula is C18H12FNOS2. The summed E-state index contributed by atoms with van der Waals surface area (Å²) in [6.07, 6.45) is 5.49. The molecule has 2 nitrogen and oxygen atoms in total. The molecule has 1 aliphatic heterocycles. The summed E-state index contributed by atoms with van der Waals surface area (Å²) in [4.78, 5) is 14.4. The number of anilines is 1. The molecule has 1 amide bonds. The monoisotopic (exact) mass is 341 g/mol. The van der Waals surface area contributed by atoms with Gasteiger partial charge in [-0.15, -0.1) is 0 Å². The number of thiocarbonyl (C=S) groups is 1. The number of benzene rings is 2. The molecule has 3 rings (SSSR count). The van der Waals surface area contributed by atoms with Crippen LogP contribution in [0.5, 0.6) is 0 Å². The van der Waals surface area contributed by atoms with Crippen molar-refractivity contribution in [1.29, 1.82) is 0 Å². The number of carbonyl (C=O) groups excluding carboxylic acids is 1. The van der Waals surface area contributed by atoms with E-state index in [1.807, 2.05) is 42.5 Å². The van der Waals surface area contributed by atoms with Gasteiger partial charge < -0.3 is 0 Å². The van der Waals surface area contributed by atoms with Crippen LogP contribution in [-0.4, -0.2) is 10.2 Å². The molecule has 0 atom stereocenters. The molecule has 2 aromatic carbocycles. The summed E-state index contributed by atoms with van der Waals surface area (Å²) in [6.45, 7) is 0. The Morgan fingerprint density at radius 1 is 1.04 bits per heavy atom. The van der Waals surface area contributed by atoms with E-state index in [-0.39, 0.29) is 11.7 Å². The number of hydrogen-bond donors (Lipinski definition) is 0. The predicted octanol–water partition coefficient (Wildman–Crippen LogP) is 4.79. The van der Waals surface area contributed by atoms with Crippen LogP contribution in [0.15, 0.2) is 71.7 Å². The van der Waals surface area contributed by atoms with E-state index in [0.717, 1.165) is 5.56 Å². The Kier molecular flexibility index (Phi) is 4.69. The Labute approximate surface area is 143 Å². The van der Waals surface area contributed by atoms with Crippen molar-refractivity contribution in [3.05, 3.63) is 83.0 Å². The van der Waals surface area contributed by atoms with Gasteiger partial charge >= 0.3 is 0 Å². The Morgan fingerprint density at radius 2 is 1.74 bits per heavy atom. The SMILES string of the molecule is O=C1/C(=C/C=C\c2ccccc2)SC(=S)N1c1ccc(F)cc1. The fourth-order valence-corrected chi connectivity index (χ4v) is 3.36. The van der Waals surface area contributed by atoms with Crippen LogP contribution in [0.2, 0.25) is 0 Å². The van der Waals surface area contributed by atoms with Crippen molar-refractivity contribution >= 4 is 46.0 Å². The summed E-state index contributed by atoms with van der Waals surface area (Å²) in [5, 5.41) is 0. The molecule has 1 heterocycles. The van der Waals surface area contributed by atoms with Gasteiger partial charge in [-0.3, -0.25) is 9.69 Å². The Morgan fingerprint density at radius 3 is 2.43 bits per heavy atom. The van der Waals surface area contributed by atoms with Crippen LogP contribution in [0.4, 0.5) is 10.1 Å². The van der Waals surface area contributed by atoms with Crippen LogP contribution in [0.25, 0.3) is 6.08 Å². The number of rotatable bonds is 3. The Bertz CT molecular complexity index is 798. The Hall–Kier alpha value is -2.24. The van der Waals surface area contributed by atoms with Crippen molar-refractivity contribution < 1.29 is 9.18 Å². The summed E-state index contributed by atoms with van der Waals surface area (Å²) in [5.41, 5.74) is 1.63. The molecule has 0 radical (unpaired) electrons. The standard InChI is InChI=1S/C18H12FNOS2/c19-14-9-11-15(12-10-14)20-17(21)16(23-18(20)22)8-4-7-13-5-2-1-3-6-13/h1-12H/b7-4-,16-8-. The van der Waals surface area contributed by atoms with Crippen molar-refractivity contribution in [3.8, 4) is 0 Å². The normalized spacial score (nSPS) is 16.7. The van der Waals surface area contributed by atoms with Gasteiger partial charge in [-0.25, -0.2) is 4.39 Å². The smallest absolute Gasteiger partial charge is 0.268 e. The molecule has 0 spiro atoms. The second-order valence-electron chi connectivity index (χ2n) is 4.79. The number of carbonyl (C=O) groups is 1. The molecule has 0 unspecified atom stereocenters. The minimum atomic E-state index is -0.347. The lowest BCUT2D eigenvalue weighted by Gasteiger charge is -2.13. The fraction of sp³-hybridized carbons (Fsp3) is 0. The zero-order valence-electron chi connectivity index (χ0n) is 12.0. The third kappa shape index (κ3) is 3.57. The van der Waals surface area contributed by atoms with E-state index < -0.39 is 0 Å². The molecule has 1 fully saturated rings. The van der Waals surface area contributed by atoms with Gasteiger partial charge in [-0.2, -0.15) is 0 Å². The van der Waals surface area contributed by atoms with Crippen molar-refractivity contribution in [2.75, 3.05) is 4.90 Å². The van der Waals surface area contributed by atoms with Crippen LogP contribution in [0.3, 0.4) is 0 Å². The van der Waals surface area contributed by atoms with E-state index in [1.54, 1.807) is 18.2 Å². The first-order valence-corrected chi connectivity index (χ1v) is 8.13. The van der Waals surface area contributed by atoms with E-state index in [9.17, 15) is 9.18 Å². The quantitative estimate of drug-likeness (QED) is 0.591. The highest BCUT2D eigenvalue weighted by Gasteiger charge is 2.32. The molecule has 114 valence electrons. The topological polar surface area (TPSA) is 20.3 Å². The molecular weight excluding hydrogens is 329 g/mol. The zero-order valence-corrected chi connectivity index (χ0v) is 13.6. The van der Waals surface area contributed by atoms with E-state index in [2.05, 4.69) is 0 Å². The first-order chi connectivity index (χ1) is 11.1. The van der Waals surface area contributed by atoms with E-state index >= 15 is 0 Å². The molecule has 2 aromatic rings. The average Bonchev–Trinajstić information content (AvgIpc) is 2.84. The van der Waals surface area contributed by atoms with Gasteiger partial charge in [-0.05, 0) is 35.9 Å². The molecule has 23 heavy (non-hydrogen) atoms. The van der Waals surface area contributed by atoms with Crippen LogP contribution in [0, 0.1) is 5.82 Å². The lowest BCUT2D eigenvalue weighted by Crippen LogP contribution is -2.27. The van der Waals surface area contributed by atoms with Gasteiger partial charge in [0.15, 0.2) is 4.32 Å². The third-order valence-electron chi connectivity index (χ3n) is 3.21. The largest absolute Gasteiger partial charge is 0.270 e. The fourth-order valence-electron chi connectivity index (χ4n) is 2.11. The maximum Gasteiger partial charge on any atom is 0.270 e. The minimum absolute atomic E-state index is 0.190. The van der Waals surface area contributed by atoms with Crippen molar-refractivity contribution in [1.82, 2.24) is 0 Å². The highest BCUT2D eigenvalue weighted by Crippen LogP contribution is 2.34. The Balaban J connectivity index is 1.79. The molecule has 5 heteroatoms. The number of allylic oxidation sites excluding steroid dienone is 2. The lowest BCUT2D eigenvalue weighted by molar-refractivity contribution is -0.113. The van der Waals surface area contributed by atoms with Gasteiger partial charge in [0.05, 0.1) is 10.6 Å². The first-order valence-electron chi connectivity index (χ1n) is 6.90. The van der Waals surface area contributed by atoms with Gasteiger partial charge in [0.1, 0.15) is 5.82 Å². The van der Waals surface area contributed by atoms with E-state index in [1.165, 1.54) is 28.8 Å². The van der Waals surface area contributed by atoms with Crippen molar-refractivity contribution in [2.24, 2.45) is 0 Å². The summed E-state index contributed by atoms with van der Waals surface area (Å²) >= 11 is 6.50. The molecule has 0 aliphatic carbocycles. The molecule has 0 bridgehead atoms. The maximum absolute atomic E-state index is 13.0. The highest BCUT2D eigenvalue weighted by atomic mass is 32.2. The van der Waals surface area contributed by atoms with Crippen molar-refractivity contribution in [3.63, 3.8) is 0 Å². The van der Waals surface area contributed by atoms with Gasteiger partial charge in [0.2, 0.25) is 0 Å². The first kappa shape index (κ1) is 15.6. The second-order valence-corrected chi connectivity index (χ2v) is 6.46. The number of hydrogen-bond acceptors (Lipinski definition) is 3. The molecule has 1 aliphatic rings. The van der Waals surface area contributed by atoms with E-state index in [4.69, 9.17) is 12.2 Å². The number of thioether (sulfide) groups is 1. The van der Waals surface area contributed by atoms with Crippen LogP contribution in [-0.2, 0) is 4.79 Å². The molecule has 0 N–H and O–H groups in total. The van der Waals surface area contributed by atoms with Gasteiger partial charge in [0.25, 0.3) is 5.91 Å². The lowest BCUT2D eigenvalue weighted by atomic mass is 10.2. The number of nitrogens with zero attached hydrogens (tertiary/aromatic N) is 1. The summed E-state index contributed by atoms with van der Waals surface area (Å²) in [7, 11) is 0. The average molecular weight is 341 g/mol. The zero-order chi connectivity index (χ0) is 16.2. The highest BCUT2D eigenvalue weighted by molar-refractivity contribution is 8.27. The molecule has 1 saturated heterocycles. The minimum Gasteiger partial charge on any atom is -0.268 e. The van der Waals surface area contributed by atoms with Gasteiger partial charge in [0, 0.05) is 0 Å². The van der Waals surface area contributed by atoms with Crippen molar-refractivity contribution in [2.45, 2.75) is 0 Å². The second kappa shape index (κ2) is 6.89. The maximum atomic E-state index is 13.0. The predicted molar refractivity (Wildman–Crippen MR) is 97.6 cm³/mol. The molecule has 0 aromatic heterocycles. The van der Waals surface area contributed by atoms with Crippen LogP contribution >= 0.6 is 24.0 Å². The van der Waals surface area contributed by atoms with Crippen LogP contribution < -0.4 is 4.90 Å². The van der Waals surface area contributed by atoms with Crippen LogP contribution in [0.1, 0.15) is 5.56 Å². The molecule has 0 saturated carbocycles. The summed E-state index contributed by atoms with van der Waals surface area (Å²) < 4.78 is 13.5. The number of amides is 1. The third-order valence-corrected chi connectivity index (χ3v) is 4.53. The number of halogens is 1.